The van der Waals surface area contributed by atoms with Crippen molar-refractivity contribution in [2.75, 3.05) is 23.5 Å². The number of rotatable bonds is 6. The zero-order chi connectivity index (χ0) is 15.6. The van der Waals surface area contributed by atoms with Gasteiger partial charge in [-0.25, -0.2) is 24.2 Å². The Hall–Kier alpha value is -1.41. The third kappa shape index (κ3) is 3.57. The number of nitrogens with one attached hydrogen (secondary N) is 2. The molecule has 0 bridgehead atoms. The van der Waals surface area contributed by atoms with E-state index in [-0.39, 0.29) is 12.5 Å². The lowest BCUT2D eigenvalue weighted by atomic mass is 10.0. The molecule has 1 aromatic rings. The lowest BCUT2D eigenvalue weighted by Gasteiger charge is -2.24. The van der Waals surface area contributed by atoms with Gasteiger partial charge in [-0.15, -0.1) is 0 Å². The van der Waals surface area contributed by atoms with E-state index in [1.54, 1.807) is 13.8 Å². The second-order valence-corrected chi connectivity index (χ2v) is 8.32. The highest BCUT2D eigenvalue weighted by Crippen LogP contribution is 2.28. The summed E-state index contributed by atoms with van der Waals surface area (Å²) in [5.74, 6) is 6.72. The average molecular weight is 301 g/mol. The molecule has 0 aliphatic rings. The summed E-state index contributed by atoms with van der Waals surface area (Å²) >= 11 is 0. The Bertz CT molecular complexity index is 569. The SMILES string of the molecule is CC(C)c1c(NN)ncnc1NCC(C)(C)S(C)(=O)=O. The van der Waals surface area contributed by atoms with Gasteiger partial charge < -0.3 is 10.7 Å². The van der Waals surface area contributed by atoms with E-state index in [1.165, 1.54) is 12.6 Å². The van der Waals surface area contributed by atoms with Gasteiger partial charge in [0.1, 0.15) is 18.0 Å². The zero-order valence-electron chi connectivity index (χ0n) is 12.6. The molecule has 0 aliphatic carbocycles. The van der Waals surface area contributed by atoms with Crippen LogP contribution in [-0.2, 0) is 9.84 Å². The van der Waals surface area contributed by atoms with Crippen LogP contribution in [0.25, 0.3) is 0 Å². The fourth-order valence-electron chi connectivity index (χ4n) is 1.63. The monoisotopic (exact) mass is 301 g/mol. The summed E-state index contributed by atoms with van der Waals surface area (Å²) in [5, 5.41) is 3.09. The van der Waals surface area contributed by atoms with Gasteiger partial charge >= 0.3 is 0 Å². The van der Waals surface area contributed by atoms with Crippen LogP contribution < -0.4 is 16.6 Å². The first-order valence-electron chi connectivity index (χ1n) is 6.35. The number of hydrogen-bond donors (Lipinski definition) is 3. The largest absolute Gasteiger partial charge is 0.368 e. The van der Waals surface area contributed by atoms with Crippen LogP contribution in [0.3, 0.4) is 0 Å². The molecule has 0 atom stereocenters. The van der Waals surface area contributed by atoms with Crippen molar-refractivity contribution in [1.82, 2.24) is 9.97 Å². The van der Waals surface area contributed by atoms with Crippen molar-refractivity contribution in [1.29, 1.82) is 0 Å². The van der Waals surface area contributed by atoms with Crippen molar-refractivity contribution in [2.24, 2.45) is 5.84 Å². The third-order valence-corrected chi connectivity index (χ3v) is 5.44. The standard InChI is InChI=1S/C12H23N5O2S/c1-8(2)9-10(15-7-16-11(9)17-13)14-6-12(3,4)20(5,18)19/h7-8H,6,13H2,1-5H3,(H2,14,15,16,17). The topological polar surface area (TPSA) is 110 Å². The average Bonchev–Trinajstić information content (AvgIpc) is 2.34. The summed E-state index contributed by atoms with van der Waals surface area (Å²) < 4.78 is 22.5. The van der Waals surface area contributed by atoms with E-state index < -0.39 is 14.6 Å². The van der Waals surface area contributed by atoms with Crippen LogP contribution in [0, 0.1) is 0 Å². The second-order valence-electron chi connectivity index (χ2n) is 5.67. The Morgan fingerprint density at radius 1 is 1.30 bits per heavy atom. The first kappa shape index (κ1) is 16.6. The van der Waals surface area contributed by atoms with Gasteiger partial charge in [0.2, 0.25) is 0 Å². The predicted octanol–water partition coefficient (Wildman–Crippen LogP) is 1.12. The van der Waals surface area contributed by atoms with Gasteiger partial charge in [-0.1, -0.05) is 13.8 Å². The van der Waals surface area contributed by atoms with Crippen LogP contribution >= 0.6 is 0 Å². The number of hydrazine groups is 1. The molecule has 7 nitrogen and oxygen atoms in total. The van der Waals surface area contributed by atoms with Gasteiger partial charge in [0.25, 0.3) is 0 Å². The number of aromatic nitrogens is 2. The fourth-order valence-corrected chi connectivity index (χ4v) is 1.96. The molecule has 1 rings (SSSR count). The minimum absolute atomic E-state index is 0.145. The highest BCUT2D eigenvalue weighted by atomic mass is 32.2. The molecule has 8 heteroatoms. The Labute approximate surface area is 120 Å². The van der Waals surface area contributed by atoms with Crippen molar-refractivity contribution in [3.63, 3.8) is 0 Å². The number of nitrogens with zero attached hydrogens (tertiary/aromatic N) is 2. The Kier molecular flexibility index (Phi) is 4.93. The van der Waals surface area contributed by atoms with Gasteiger partial charge in [-0.3, -0.25) is 0 Å². The van der Waals surface area contributed by atoms with Gasteiger partial charge in [-0.05, 0) is 19.8 Å². The van der Waals surface area contributed by atoms with Crippen LogP contribution in [0.15, 0.2) is 6.33 Å². The molecule has 0 aromatic carbocycles. The first-order chi connectivity index (χ1) is 9.10. The molecule has 4 N–H and O–H groups in total. The van der Waals surface area contributed by atoms with Crippen LogP contribution in [0.1, 0.15) is 39.2 Å². The maximum atomic E-state index is 11.7. The molecule has 0 fully saturated rings. The van der Waals surface area contributed by atoms with Gasteiger partial charge in [-0.2, -0.15) is 0 Å². The highest BCUT2D eigenvalue weighted by Gasteiger charge is 2.30. The number of nitrogens with two attached hydrogens (primary N) is 1. The van der Waals surface area contributed by atoms with E-state index in [1.807, 2.05) is 13.8 Å². The quantitative estimate of drug-likeness (QED) is 0.533. The zero-order valence-corrected chi connectivity index (χ0v) is 13.4. The smallest absolute Gasteiger partial charge is 0.154 e. The molecule has 1 aromatic heterocycles. The van der Waals surface area contributed by atoms with E-state index in [0.717, 1.165) is 5.56 Å². The minimum atomic E-state index is -3.17. The fraction of sp³-hybridized carbons (Fsp3) is 0.667. The van der Waals surface area contributed by atoms with Crippen LogP contribution in [-0.4, -0.2) is 35.9 Å². The van der Waals surface area contributed by atoms with Crippen molar-refractivity contribution >= 4 is 21.5 Å². The van der Waals surface area contributed by atoms with Crippen molar-refractivity contribution < 1.29 is 8.42 Å². The molecule has 0 amide bonds. The lowest BCUT2D eigenvalue weighted by Crippen LogP contribution is -2.38. The molecule has 1 heterocycles. The summed E-state index contributed by atoms with van der Waals surface area (Å²) in [4.78, 5) is 8.25. The molecule has 0 spiro atoms. The van der Waals surface area contributed by atoms with E-state index in [0.29, 0.717) is 11.6 Å². The molecule has 0 saturated carbocycles. The minimum Gasteiger partial charge on any atom is -0.368 e. The molecular formula is C12H23N5O2S. The number of hydrogen-bond acceptors (Lipinski definition) is 7. The van der Waals surface area contributed by atoms with Gasteiger partial charge in [0.05, 0.1) is 4.75 Å². The number of nitrogen functional groups attached to an aromatic ring is 1. The number of anilines is 2. The second kappa shape index (κ2) is 5.92. The summed E-state index contributed by atoms with van der Waals surface area (Å²) in [6.45, 7) is 7.59. The molecule has 0 radical (unpaired) electrons. The van der Waals surface area contributed by atoms with Crippen molar-refractivity contribution in [3.05, 3.63) is 11.9 Å². The summed E-state index contributed by atoms with van der Waals surface area (Å²) in [5.41, 5.74) is 3.37. The van der Waals surface area contributed by atoms with E-state index in [4.69, 9.17) is 5.84 Å². The first-order valence-corrected chi connectivity index (χ1v) is 8.24. The normalized spacial score (nSPS) is 12.6. The predicted molar refractivity (Wildman–Crippen MR) is 81.3 cm³/mol. The van der Waals surface area contributed by atoms with Crippen LogP contribution in [0.5, 0.6) is 0 Å². The molecule has 0 unspecified atom stereocenters. The van der Waals surface area contributed by atoms with Gasteiger partial charge in [0, 0.05) is 18.4 Å². The molecule has 0 saturated heterocycles. The summed E-state index contributed by atoms with van der Waals surface area (Å²) in [7, 11) is -3.17. The highest BCUT2D eigenvalue weighted by molar-refractivity contribution is 7.92. The summed E-state index contributed by atoms with van der Waals surface area (Å²) in [6, 6.07) is 0. The van der Waals surface area contributed by atoms with Gasteiger partial charge in [0.15, 0.2) is 9.84 Å². The number of sulfone groups is 1. The maximum Gasteiger partial charge on any atom is 0.154 e. The molecule has 0 aliphatic heterocycles. The van der Waals surface area contributed by atoms with E-state index in [2.05, 4.69) is 20.7 Å². The van der Waals surface area contributed by atoms with Crippen molar-refractivity contribution in [3.8, 4) is 0 Å². The third-order valence-electron chi connectivity index (χ3n) is 3.28. The van der Waals surface area contributed by atoms with Crippen LogP contribution in [0.2, 0.25) is 0 Å². The Balaban J connectivity index is 3.05. The van der Waals surface area contributed by atoms with E-state index in [9.17, 15) is 8.42 Å². The molecule has 114 valence electrons. The van der Waals surface area contributed by atoms with Crippen LogP contribution in [0.4, 0.5) is 11.6 Å². The molecular weight excluding hydrogens is 278 g/mol. The Morgan fingerprint density at radius 3 is 2.30 bits per heavy atom. The molecule has 20 heavy (non-hydrogen) atoms. The maximum absolute atomic E-state index is 11.7. The summed E-state index contributed by atoms with van der Waals surface area (Å²) in [6.07, 6.45) is 2.61. The Morgan fingerprint density at radius 2 is 1.85 bits per heavy atom. The van der Waals surface area contributed by atoms with E-state index >= 15 is 0 Å². The lowest BCUT2D eigenvalue weighted by molar-refractivity contribution is 0.559. The van der Waals surface area contributed by atoms with Crippen molar-refractivity contribution in [2.45, 2.75) is 38.4 Å².